The number of hydrogen-bond donors (Lipinski definition) is 1. The average molecular weight is 254 g/mol. The SMILES string of the molecule is CC(C)c1cc(Br)c2c(c1)CCCN2. The molecular weight excluding hydrogens is 238 g/mol. The summed E-state index contributed by atoms with van der Waals surface area (Å²) in [6.07, 6.45) is 2.46. The Morgan fingerprint density at radius 3 is 2.86 bits per heavy atom. The van der Waals surface area contributed by atoms with Crippen molar-refractivity contribution in [3.63, 3.8) is 0 Å². The van der Waals surface area contributed by atoms with E-state index in [-0.39, 0.29) is 0 Å². The lowest BCUT2D eigenvalue weighted by Gasteiger charge is -2.21. The molecule has 14 heavy (non-hydrogen) atoms. The second kappa shape index (κ2) is 3.93. The molecule has 76 valence electrons. The van der Waals surface area contributed by atoms with Crippen LogP contribution in [-0.4, -0.2) is 6.54 Å². The molecule has 0 saturated heterocycles. The topological polar surface area (TPSA) is 12.0 Å². The molecule has 0 aromatic heterocycles. The van der Waals surface area contributed by atoms with Crippen molar-refractivity contribution < 1.29 is 0 Å². The Bertz CT molecular complexity index is 344. The fourth-order valence-corrected chi connectivity index (χ4v) is 2.57. The van der Waals surface area contributed by atoms with Crippen LogP contribution in [0.25, 0.3) is 0 Å². The molecule has 0 fully saturated rings. The van der Waals surface area contributed by atoms with E-state index in [0.29, 0.717) is 5.92 Å². The predicted octanol–water partition coefficient (Wildman–Crippen LogP) is 3.93. The zero-order valence-electron chi connectivity index (χ0n) is 8.73. The highest BCUT2D eigenvalue weighted by Crippen LogP contribution is 2.33. The van der Waals surface area contributed by atoms with Gasteiger partial charge in [0, 0.05) is 11.0 Å². The molecule has 1 aliphatic heterocycles. The first-order valence-electron chi connectivity index (χ1n) is 5.24. The predicted molar refractivity (Wildman–Crippen MR) is 65.0 cm³/mol. The smallest absolute Gasteiger partial charge is 0.0517 e. The Morgan fingerprint density at radius 2 is 2.14 bits per heavy atom. The minimum absolute atomic E-state index is 0.610. The summed E-state index contributed by atoms with van der Waals surface area (Å²) in [6.45, 7) is 5.58. The maximum atomic E-state index is 3.64. The highest BCUT2D eigenvalue weighted by molar-refractivity contribution is 9.10. The number of rotatable bonds is 1. The van der Waals surface area contributed by atoms with Crippen molar-refractivity contribution >= 4 is 21.6 Å². The summed E-state index contributed by atoms with van der Waals surface area (Å²) in [7, 11) is 0. The van der Waals surface area contributed by atoms with Gasteiger partial charge < -0.3 is 5.32 Å². The Labute approximate surface area is 94.0 Å². The molecule has 0 spiro atoms. The highest BCUT2D eigenvalue weighted by atomic mass is 79.9. The highest BCUT2D eigenvalue weighted by Gasteiger charge is 2.13. The minimum atomic E-state index is 0.610. The number of benzene rings is 1. The van der Waals surface area contributed by atoms with Gasteiger partial charge in [-0.2, -0.15) is 0 Å². The molecule has 1 aliphatic rings. The lowest BCUT2D eigenvalue weighted by Crippen LogP contribution is -2.12. The summed E-state index contributed by atoms with van der Waals surface area (Å²) in [5.41, 5.74) is 4.20. The quantitative estimate of drug-likeness (QED) is 0.800. The van der Waals surface area contributed by atoms with E-state index in [1.165, 1.54) is 34.1 Å². The van der Waals surface area contributed by atoms with Crippen molar-refractivity contribution in [3.8, 4) is 0 Å². The van der Waals surface area contributed by atoms with E-state index in [1.807, 2.05) is 0 Å². The fourth-order valence-electron chi connectivity index (χ4n) is 1.91. The van der Waals surface area contributed by atoms with Gasteiger partial charge in [0.05, 0.1) is 5.69 Å². The van der Waals surface area contributed by atoms with E-state index in [4.69, 9.17) is 0 Å². The van der Waals surface area contributed by atoms with Crippen molar-refractivity contribution in [3.05, 3.63) is 27.7 Å². The molecule has 1 nitrogen and oxygen atoms in total. The largest absolute Gasteiger partial charge is 0.384 e. The molecule has 0 aliphatic carbocycles. The van der Waals surface area contributed by atoms with Gasteiger partial charge in [-0.3, -0.25) is 0 Å². The number of halogens is 1. The summed E-state index contributed by atoms with van der Waals surface area (Å²) in [5, 5.41) is 3.45. The van der Waals surface area contributed by atoms with E-state index in [2.05, 4.69) is 47.2 Å². The van der Waals surface area contributed by atoms with Crippen LogP contribution in [0.4, 0.5) is 5.69 Å². The molecule has 1 heterocycles. The van der Waals surface area contributed by atoms with Crippen LogP contribution in [0.1, 0.15) is 37.3 Å². The molecule has 0 radical (unpaired) electrons. The Morgan fingerprint density at radius 1 is 1.36 bits per heavy atom. The third kappa shape index (κ3) is 1.81. The van der Waals surface area contributed by atoms with Crippen LogP contribution in [0.2, 0.25) is 0 Å². The van der Waals surface area contributed by atoms with Crippen LogP contribution < -0.4 is 5.32 Å². The van der Waals surface area contributed by atoms with Crippen molar-refractivity contribution in [1.82, 2.24) is 0 Å². The van der Waals surface area contributed by atoms with Crippen molar-refractivity contribution in [2.45, 2.75) is 32.6 Å². The molecule has 1 N–H and O–H groups in total. The van der Waals surface area contributed by atoms with Gasteiger partial charge in [-0.15, -0.1) is 0 Å². The number of fused-ring (bicyclic) bond motifs is 1. The Hall–Kier alpha value is -0.500. The van der Waals surface area contributed by atoms with Crippen molar-refractivity contribution in [2.24, 2.45) is 0 Å². The van der Waals surface area contributed by atoms with E-state index >= 15 is 0 Å². The van der Waals surface area contributed by atoms with Gasteiger partial charge in [0.1, 0.15) is 0 Å². The van der Waals surface area contributed by atoms with Crippen LogP contribution in [0, 0.1) is 0 Å². The first-order valence-corrected chi connectivity index (χ1v) is 6.04. The maximum Gasteiger partial charge on any atom is 0.0517 e. The molecule has 1 aromatic carbocycles. The number of hydrogen-bond acceptors (Lipinski definition) is 1. The molecule has 1 aromatic rings. The average Bonchev–Trinajstić information content (AvgIpc) is 2.17. The maximum absolute atomic E-state index is 3.64. The summed E-state index contributed by atoms with van der Waals surface area (Å²) in [6, 6.07) is 4.58. The number of anilines is 1. The Balaban J connectivity index is 2.46. The third-order valence-corrected chi connectivity index (χ3v) is 3.41. The summed E-state index contributed by atoms with van der Waals surface area (Å²) in [4.78, 5) is 0. The van der Waals surface area contributed by atoms with E-state index < -0.39 is 0 Å². The van der Waals surface area contributed by atoms with Crippen LogP contribution in [0.3, 0.4) is 0 Å². The zero-order valence-corrected chi connectivity index (χ0v) is 10.3. The number of nitrogens with one attached hydrogen (secondary N) is 1. The lowest BCUT2D eigenvalue weighted by molar-refractivity contribution is 0.812. The third-order valence-electron chi connectivity index (χ3n) is 2.79. The van der Waals surface area contributed by atoms with Crippen LogP contribution in [-0.2, 0) is 6.42 Å². The summed E-state index contributed by atoms with van der Waals surface area (Å²) >= 11 is 3.64. The molecule has 0 bridgehead atoms. The molecule has 0 amide bonds. The molecule has 2 rings (SSSR count). The fraction of sp³-hybridized carbons (Fsp3) is 0.500. The molecule has 0 atom stereocenters. The summed E-state index contributed by atoms with van der Waals surface area (Å²) in [5.74, 6) is 0.610. The first kappa shape index (κ1) is 10.0. The zero-order chi connectivity index (χ0) is 10.1. The van der Waals surface area contributed by atoms with Gasteiger partial charge in [-0.05, 0) is 51.9 Å². The van der Waals surface area contributed by atoms with Crippen LogP contribution >= 0.6 is 15.9 Å². The van der Waals surface area contributed by atoms with Crippen LogP contribution in [0.15, 0.2) is 16.6 Å². The van der Waals surface area contributed by atoms with Gasteiger partial charge in [-0.1, -0.05) is 19.9 Å². The first-order chi connectivity index (χ1) is 6.68. The van der Waals surface area contributed by atoms with E-state index in [0.717, 1.165) is 6.54 Å². The van der Waals surface area contributed by atoms with Gasteiger partial charge in [0.2, 0.25) is 0 Å². The van der Waals surface area contributed by atoms with E-state index in [1.54, 1.807) is 0 Å². The molecular formula is C12H16BrN. The second-order valence-electron chi connectivity index (χ2n) is 4.22. The second-order valence-corrected chi connectivity index (χ2v) is 5.08. The van der Waals surface area contributed by atoms with Crippen LogP contribution in [0.5, 0.6) is 0 Å². The lowest BCUT2D eigenvalue weighted by atomic mass is 9.96. The van der Waals surface area contributed by atoms with Gasteiger partial charge in [0.15, 0.2) is 0 Å². The Kier molecular flexibility index (Phi) is 2.82. The van der Waals surface area contributed by atoms with E-state index in [9.17, 15) is 0 Å². The monoisotopic (exact) mass is 253 g/mol. The van der Waals surface area contributed by atoms with Gasteiger partial charge >= 0.3 is 0 Å². The minimum Gasteiger partial charge on any atom is -0.384 e. The summed E-state index contributed by atoms with van der Waals surface area (Å²) < 4.78 is 1.22. The van der Waals surface area contributed by atoms with Crippen molar-refractivity contribution in [2.75, 3.05) is 11.9 Å². The molecule has 0 saturated carbocycles. The van der Waals surface area contributed by atoms with Crippen molar-refractivity contribution in [1.29, 1.82) is 0 Å². The standard InChI is InChI=1S/C12H16BrN/c1-8(2)10-6-9-4-3-5-14-12(9)11(13)7-10/h6-8,14H,3-5H2,1-2H3. The normalized spacial score (nSPS) is 15.1. The van der Waals surface area contributed by atoms with Gasteiger partial charge in [0.25, 0.3) is 0 Å². The van der Waals surface area contributed by atoms with Gasteiger partial charge in [-0.25, -0.2) is 0 Å². The molecule has 2 heteroatoms. The number of aryl methyl sites for hydroxylation is 1. The molecule has 0 unspecified atom stereocenters.